The monoisotopic (exact) mass is 386 g/mol. The fraction of sp³-hybridized carbons (Fsp3) is 0.381. The van der Waals surface area contributed by atoms with E-state index in [2.05, 4.69) is 12.2 Å². The van der Waals surface area contributed by atoms with E-state index >= 15 is 0 Å². The molecule has 1 fully saturated rings. The number of sulfonamides is 1. The number of anilines is 1. The summed E-state index contributed by atoms with van der Waals surface area (Å²) in [4.78, 5) is 12.4. The maximum atomic E-state index is 12.8. The van der Waals surface area contributed by atoms with E-state index in [9.17, 15) is 13.2 Å². The van der Waals surface area contributed by atoms with Crippen LogP contribution >= 0.6 is 0 Å². The number of nitrogens with one attached hydrogen (secondary N) is 1. The fourth-order valence-corrected chi connectivity index (χ4v) is 4.95. The second-order valence-corrected chi connectivity index (χ2v) is 9.11. The van der Waals surface area contributed by atoms with Crippen molar-refractivity contribution in [2.24, 2.45) is 5.92 Å². The lowest BCUT2D eigenvalue weighted by molar-refractivity contribution is -0.116. The highest BCUT2D eigenvalue weighted by Gasteiger charge is 2.28. The summed E-state index contributed by atoms with van der Waals surface area (Å²) in [5.74, 6) is 0.302. The Labute approximate surface area is 161 Å². The molecule has 2 aromatic carbocycles. The SMILES string of the molecule is CC1CCCN(S(=O)(=O)c2ccc(NC(=O)CCc3ccccc3)cc2)C1. The maximum absolute atomic E-state index is 12.8. The predicted molar refractivity (Wildman–Crippen MR) is 107 cm³/mol. The lowest BCUT2D eigenvalue weighted by Crippen LogP contribution is -2.39. The molecule has 0 radical (unpaired) electrons. The predicted octanol–water partition coefficient (Wildman–Crippen LogP) is 3.68. The molecule has 0 aliphatic carbocycles. The Morgan fingerprint density at radius 2 is 1.81 bits per heavy atom. The molecule has 1 aliphatic heterocycles. The number of carbonyl (C=O) groups excluding carboxylic acids is 1. The summed E-state index contributed by atoms with van der Waals surface area (Å²) in [5.41, 5.74) is 1.73. The molecule has 6 heteroatoms. The number of rotatable bonds is 6. The molecule has 1 heterocycles. The van der Waals surface area contributed by atoms with Crippen molar-refractivity contribution in [3.63, 3.8) is 0 Å². The summed E-state index contributed by atoms with van der Waals surface area (Å²) in [6, 6.07) is 16.3. The summed E-state index contributed by atoms with van der Waals surface area (Å²) in [5, 5.41) is 2.83. The van der Waals surface area contributed by atoms with Crippen LogP contribution in [0, 0.1) is 5.92 Å². The van der Waals surface area contributed by atoms with Crippen molar-refractivity contribution in [2.45, 2.75) is 37.5 Å². The summed E-state index contributed by atoms with van der Waals surface area (Å²) in [7, 11) is -3.47. The molecule has 0 aromatic heterocycles. The molecule has 1 N–H and O–H groups in total. The van der Waals surface area contributed by atoms with Crippen molar-refractivity contribution >= 4 is 21.6 Å². The summed E-state index contributed by atoms with van der Waals surface area (Å²) >= 11 is 0. The molecule has 3 rings (SSSR count). The van der Waals surface area contributed by atoms with Crippen molar-refractivity contribution in [3.8, 4) is 0 Å². The number of carbonyl (C=O) groups is 1. The van der Waals surface area contributed by atoms with E-state index in [-0.39, 0.29) is 10.8 Å². The van der Waals surface area contributed by atoms with Gasteiger partial charge in [-0.05, 0) is 55.0 Å². The van der Waals surface area contributed by atoms with Gasteiger partial charge in [0.1, 0.15) is 0 Å². The van der Waals surface area contributed by atoms with Gasteiger partial charge in [0.25, 0.3) is 0 Å². The van der Waals surface area contributed by atoms with Crippen molar-refractivity contribution < 1.29 is 13.2 Å². The molecule has 1 saturated heterocycles. The van der Waals surface area contributed by atoms with Crippen LogP contribution in [-0.2, 0) is 21.2 Å². The topological polar surface area (TPSA) is 66.5 Å². The molecule has 0 spiro atoms. The number of hydrogen-bond acceptors (Lipinski definition) is 3. The molecular formula is C21H26N2O3S. The van der Waals surface area contributed by atoms with Gasteiger partial charge in [-0.25, -0.2) is 8.42 Å². The van der Waals surface area contributed by atoms with Crippen molar-refractivity contribution in [1.82, 2.24) is 4.31 Å². The normalized spacial score (nSPS) is 18.2. The zero-order chi connectivity index (χ0) is 19.3. The molecular weight excluding hydrogens is 360 g/mol. The molecule has 2 aromatic rings. The third-order valence-electron chi connectivity index (χ3n) is 4.88. The Bertz CT molecular complexity index is 864. The number of benzene rings is 2. The quantitative estimate of drug-likeness (QED) is 0.824. The van der Waals surface area contributed by atoms with E-state index in [0.29, 0.717) is 37.5 Å². The first kappa shape index (κ1) is 19.6. The van der Waals surface area contributed by atoms with Gasteiger partial charge in [-0.3, -0.25) is 4.79 Å². The highest BCUT2D eigenvalue weighted by atomic mass is 32.2. The van der Waals surface area contributed by atoms with Crippen molar-refractivity contribution in [3.05, 3.63) is 60.2 Å². The highest BCUT2D eigenvalue weighted by Crippen LogP contribution is 2.24. The first-order valence-electron chi connectivity index (χ1n) is 9.39. The van der Waals surface area contributed by atoms with Gasteiger partial charge in [-0.15, -0.1) is 0 Å². The smallest absolute Gasteiger partial charge is 0.243 e. The molecule has 1 unspecified atom stereocenters. The van der Waals surface area contributed by atoms with Gasteiger partial charge in [0.2, 0.25) is 15.9 Å². The van der Waals surface area contributed by atoms with E-state index in [1.165, 1.54) is 0 Å². The average molecular weight is 387 g/mol. The van der Waals surface area contributed by atoms with Gasteiger partial charge in [-0.2, -0.15) is 4.31 Å². The highest BCUT2D eigenvalue weighted by molar-refractivity contribution is 7.89. The van der Waals surface area contributed by atoms with Crippen molar-refractivity contribution in [2.75, 3.05) is 18.4 Å². The number of amides is 1. The van der Waals surface area contributed by atoms with Crippen LogP contribution in [0.4, 0.5) is 5.69 Å². The fourth-order valence-electron chi connectivity index (χ4n) is 3.35. The van der Waals surface area contributed by atoms with Gasteiger partial charge < -0.3 is 5.32 Å². The minimum atomic E-state index is -3.47. The Morgan fingerprint density at radius 1 is 1.11 bits per heavy atom. The lowest BCUT2D eigenvalue weighted by atomic mass is 10.0. The molecule has 1 amide bonds. The van der Waals surface area contributed by atoms with E-state index in [0.717, 1.165) is 18.4 Å². The second kappa shape index (κ2) is 8.67. The van der Waals surface area contributed by atoms with Gasteiger partial charge in [0.05, 0.1) is 4.90 Å². The molecule has 0 bridgehead atoms. The zero-order valence-electron chi connectivity index (χ0n) is 15.6. The number of hydrogen-bond donors (Lipinski definition) is 1. The Balaban J connectivity index is 1.59. The molecule has 1 atom stereocenters. The molecule has 1 aliphatic rings. The van der Waals surface area contributed by atoms with Gasteiger partial charge in [-0.1, -0.05) is 37.3 Å². The largest absolute Gasteiger partial charge is 0.326 e. The molecule has 5 nitrogen and oxygen atoms in total. The minimum Gasteiger partial charge on any atom is -0.326 e. The zero-order valence-corrected chi connectivity index (χ0v) is 16.4. The van der Waals surface area contributed by atoms with Crippen LogP contribution in [0.2, 0.25) is 0 Å². The van der Waals surface area contributed by atoms with Crippen LogP contribution in [0.5, 0.6) is 0 Å². The number of nitrogens with zero attached hydrogens (tertiary/aromatic N) is 1. The lowest BCUT2D eigenvalue weighted by Gasteiger charge is -2.30. The van der Waals surface area contributed by atoms with E-state index < -0.39 is 10.0 Å². The third-order valence-corrected chi connectivity index (χ3v) is 6.76. The minimum absolute atomic E-state index is 0.0840. The van der Waals surface area contributed by atoms with Gasteiger partial charge in [0, 0.05) is 25.2 Å². The Hall–Kier alpha value is -2.18. The van der Waals surface area contributed by atoms with Crippen LogP contribution in [0.25, 0.3) is 0 Å². The first-order valence-corrected chi connectivity index (χ1v) is 10.8. The molecule has 0 saturated carbocycles. The average Bonchev–Trinajstić information content (AvgIpc) is 2.68. The second-order valence-electron chi connectivity index (χ2n) is 7.17. The number of piperidine rings is 1. The van der Waals surface area contributed by atoms with Crippen molar-refractivity contribution in [1.29, 1.82) is 0 Å². The summed E-state index contributed by atoms with van der Waals surface area (Å²) < 4.78 is 27.1. The third kappa shape index (κ3) is 5.17. The Kier molecular flexibility index (Phi) is 6.29. The van der Waals surface area contributed by atoms with Gasteiger partial charge >= 0.3 is 0 Å². The van der Waals surface area contributed by atoms with E-state index in [4.69, 9.17) is 0 Å². The Morgan fingerprint density at radius 3 is 2.48 bits per heavy atom. The van der Waals surface area contributed by atoms with Crippen LogP contribution in [-0.4, -0.2) is 31.7 Å². The molecule has 144 valence electrons. The maximum Gasteiger partial charge on any atom is 0.243 e. The first-order chi connectivity index (χ1) is 12.9. The number of aryl methyl sites for hydroxylation is 1. The van der Waals surface area contributed by atoms with E-state index in [1.807, 2.05) is 30.3 Å². The van der Waals surface area contributed by atoms with Gasteiger partial charge in [0.15, 0.2) is 0 Å². The van der Waals surface area contributed by atoms with Crippen LogP contribution in [0.1, 0.15) is 31.7 Å². The van der Waals surface area contributed by atoms with Crippen LogP contribution in [0.15, 0.2) is 59.5 Å². The standard InChI is InChI=1S/C21H26N2O3S/c1-17-6-5-15-23(16-17)27(25,26)20-12-10-19(11-13-20)22-21(24)14-9-18-7-3-2-4-8-18/h2-4,7-8,10-13,17H,5-6,9,14-16H2,1H3,(H,22,24). The summed E-state index contributed by atoms with van der Waals surface area (Å²) in [6.45, 7) is 3.22. The van der Waals surface area contributed by atoms with E-state index in [1.54, 1.807) is 28.6 Å². The molecule has 27 heavy (non-hydrogen) atoms. The van der Waals surface area contributed by atoms with Crippen LogP contribution in [0.3, 0.4) is 0 Å². The van der Waals surface area contributed by atoms with Crippen LogP contribution < -0.4 is 5.32 Å². The summed E-state index contributed by atoms with van der Waals surface area (Å²) in [6.07, 6.45) is 3.03.